The van der Waals surface area contributed by atoms with Crippen molar-refractivity contribution in [3.05, 3.63) is 0 Å². The summed E-state index contributed by atoms with van der Waals surface area (Å²) in [7, 11) is 6.00. The van der Waals surface area contributed by atoms with Crippen molar-refractivity contribution in [3.8, 4) is 0 Å². The summed E-state index contributed by atoms with van der Waals surface area (Å²) in [4.78, 5) is 2.39. The molecule has 2 heteroatoms. The van der Waals surface area contributed by atoms with Crippen LogP contribution in [0.3, 0.4) is 0 Å². The number of rotatable bonds is 1. The zero-order valence-corrected chi connectivity index (χ0v) is 7.88. The molecule has 1 heterocycles. The summed E-state index contributed by atoms with van der Waals surface area (Å²) >= 11 is 0. The Morgan fingerprint density at radius 1 is 1.45 bits per heavy atom. The Labute approximate surface area is 71.6 Å². The van der Waals surface area contributed by atoms with Gasteiger partial charge in [-0.3, -0.25) is 0 Å². The van der Waals surface area contributed by atoms with E-state index in [9.17, 15) is 0 Å². The summed E-state index contributed by atoms with van der Waals surface area (Å²) in [6, 6.07) is 0.609. The third-order valence-corrected chi connectivity index (χ3v) is 2.61. The minimum absolute atomic E-state index is 0.304. The van der Waals surface area contributed by atoms with Crippen molar-refractivity contribution in [1.82, 2.24) is 4.90 Å². The highest BCUT2D eigenvalue weighted by Crippen LogP contribution is 2.21. The first-order valence-corrected chi connectivity index (χ1v) is 4.62. The van der Waals surface area contributed by atoms with Crippen molar-refractivity contribution in [2.24, 2.45) is 5.92 Å². The van der Waals surface area contributed by atoms with Gasteiger partial charge in [-0.05, 0) is 45.1 Å². The maximum Gasteiger partial charge on any atom is 0.0910 e. The van der Waals surface area contributed by atoms with Crippen LogP contribution in [0.25, 0.3) is 0 Å². The molecule has 1 saturated heterocycles. The van der Waals surface area contributed by atoms with E-state index in [0.717, 1.165) is 12.3 Å². The highest BCUT2D eigenvalue weighted by Gasteiger charge is 2.23. The highest BCUT2D eigenvalue weighted by molar-refractivity contribution is 6.11. The van der Waals surface area contributed by atoms with Gasteiger partial charge in [0.15, 0.2) is 0 Å². The molecule has 0 aliphatic carbocycles. The van der Waals surface area contributed by atoms with Crippen LogP contribution in [-0.4, -0.2) is 31.3 Å². The second-order valence-electron chi connectivity index (χ2n) is 4.03. The van der Waals surface area contributed by atoms with Gasteiger partial charge in [-0.15, -0.1) is 0 Å². The SMILES string of the molecule is [B]C1CC(C)CCN1C(C)C. The van der Waals surface area contributed by atoms with Crippen LogP contribution in [0.15, 0.2) is 0 Å². The standard InChI is InChI=1S/C9H18BN/c1-7(2)11-5-4-8(3)6-9(11)10/h7-9H,4-6H2,1-3H3. The maximum atomic E-state index is 6.00. The summed E-state index contributed by atoms with van der Waals surface area (Å²) < 4.78 is 0. The summed E-state index contributed by atoms with van der Waals surface area (Å²) in [5.41, 5.74) is 0. The maximum absolute atomic E-state index is 6.00. The molecule has 2 unspecified atom stereocenters. The fourth-order valence-electron chi connectivity index (χ4n) is 1.84. The first-order valence-electron chi connectivity index (χ1n) is 4.62. The molecule has 1 aliphatic heterocycles. The van der Waals surface area contributed by atoms with Crippen LogP contribution in [0, 0.1) is 5.92 Å². The first kappa shape index (κ1) is 9.12. The van der Waals surface area contributed by atoms with E-state index >= 15 is 0 Å². The lowest BCUT2D eigenvalue weighted by atomic mass is 9.80. The van der Waals surface area contributed by atoms with Gasteiger partial charge in [-0.2, -0.15) is 0 Å². The van der Waals surface area contributed by atoms with Gasteiger partial charge in [0, 0.05) is 6.04 Å². The van der Waals surface area contributed by atoms with E-state index < -0.39 is 0 Å². The molecular weight excluding hydrogens is 133 g/mol. The molecule has 0 aromatic carbocycles. The van der Waals surface area contributed by atoms with Crippen molar-refractivity contribution in [3.63, 3.8) is 0 Å². The van der Waals surface area contributed by atoms with Gasteiger partial charge in [0.2, 0.25) is 0 Å². The molecule has 2 radical (unpaired) electrons. The summed E-state index contributed by atoms with van der Waals surface area (Å²) in [5, 5.41) is 0. The highest BCUT2D eigenvalue weighted by atomic mass is 15.2. The Morgan fingerprint density at radius 3 is 2.55 bits per heavy atom. The molecule has 1 nitrogen and oxygen atoms in total. The average molecular weight is 151 g/mol. The second kappa shape index (κ2) is 3.62. The molecule has 0 bridgehead atoms. The molecule has 0 aromatic rings. The number of piperidine rings is 1. The van der Waals surface area contributed by atoms with E-state index in [1.807, 2.05) is 0 Å². The zero-order chi connectivity index (χ0) is 8.43. The van der Waals surface area contributed by atoms with Crippen molar-refractivity contribution in [2.45, 2.75) is 45.6 Å². The van der Waals surface area contributed by atoms with Crippen LogP contribution >= 0.6 is 0 Å². The lowest BCUT2D eigenvalue weighted by molar-refractivity contribution is 0.132. The Hall–Kier alpha value is 0.0249. The lowest BCUT2D eigenvalue weighted by Gasteiger charge is -2.39. The zero-order valence-electron chi connectivity index (χ0n) is 7.88. The van der Waals surface area contributed by atoms with Crippen LogP contribution in [0.4, 0.5) is 0 Å². The van der Waals surface area contributed by atoms with Crippen LogP contribution in [0.2, 0.25) is 0 Å². The van der Waals surface area contributed by atoms with Gasteiger partial charge in [0.25, 0.3) is 0 Å². The van der Waals surface area contributed by atoms with Gasteiger partial charge in [-0.1, -0.05) is 6.92 Å². The molecule has 0 saturated carbocycles. The second-order valence-corrected chi connectivity index (χ2v) is 4.03. The van der Waals surface area contributed by atoms with E-state index in [2.05, 4.69) is 25.7 Å². The number of hydrogen-bond acceptors (Lipinski definition) is 1. The minimum Gasteiger partial charge on any atom is -0.307 e. The van der Waals surface area contributed by atoms with E-state index in [1.54, 1.807) is 0 Å². The van der Waals surface area contributed by atoms with Crippen molar-refractivity contribution < 1.29 is 0 Å². The van der Waals surface area contributed by atoms with E-state index in [4.69, 9.17) is 7.85 Å². The monoisotopic (exact) mass is 151 g/mol. The minimum atomic E-state index is 0.304. The van der Waals surface area contributed by atoms with Crippen LogP contribution < -0.4 is 0 Å². The summed E-state index contributed by atoms with van der Waals surface area (Å²) in [5.74, 6) is 1.12. The van der Waals surface area contributed by atoms with Crippen molar-refractivity contribution in [2.75, 3.05) is 6.54 Å². The normalized spacial score (nSPS) is 34.5. The van der Waals surface area contributed by atoms with Crippen LogP contribution in [0.1, 0.15) is 33.6 Å². The van der Waals surface area contributed by atoms with E-state index in [-0.39, 0.29) is 0 Å². The van der Waals surface area contributed by atoms with Gasteiger partial charge in [0.1, 0.15) is 0 Å². The van der Waals surface area contributed by atoms with E-state index in [0.29, 0.717) is 12.0 Å². The molecule has 2 atom stereocenters. The van der Waals surface area contributed by atoms with E-state index in [1.165, 1.54) is 13.0 Å². The smallest absolute Gasteiger partial charge is 0.0910 e. The molecular formula is C9H18BN. The average Bonchev–Trinajstić information content (AvgIpc) is 1.85. The predicted octanol–water partition coefficient (Wildman–Crippen LogP) is 1.62. The predicted molar refractivity (Wildman–Crippen MR) is 49.8 cm³/mol. The third kappa shape index (κ3) is 2.23. The molecule has 1 rings (SSSR count). The van der Waals surface area contributed by atoms with Crippen LogP contribution in [0.5, 0.6) is 0 Å². The number of hydrogen-bond donors (Lipinski definition) is 0. The Balaban J connectivity index is 2.44. The molecule has 62 valence electrons. The summed E-state index contributed by atoms with van der Waals surface area (Å²) in [6.45, 7) is 7.91. The summed E-state index contributed by atoms with van der Waals surface area (Å²) in [6.07, 6.45) is 2.48. The Morgan fingerprint density at radius 2 is 2.09 bits per heavy atom. The first-order chi connectivity index (χ1) is 5.11. The van der Waals surface area contributed by atoms with Crippen LogP contribution in [-0.2, 0) is 0 Å². The molecule has 11 heavy (non-hydrogen) atoms. The topological polar surface area (TPSA) is 3.24 Å². The molecule has 0 N–H and O–H groups in total. The molecule has 0 aromatic heterocycles. The molecule has 0 spiro atoms. The third-order valence-electron chi connectivity index (χ3n) is 2.61. The van der Waals surface area contributed by atoms with Crippen molar-refractivity contribution in [1.29, 1.82) is 0 Å². The Bertz CT molecular complexity index is 125. The van der Waals surface area contributed by atoms with Gasteiger partial charge in [-0.25, -0.2) is 0 Å². The van der Waals surface area contributed by atoms with Gasteiger partial charge in [0.05, 0.1) is 7.85 Å². The molecule has 1 aliphatic rings. The van der Waals surface area contributed by atoms with Gasteiger partial charge >= 0.3 is 0 Å². The fraction of sp³-hybridized carbons (Fsp3) is 1.00. The number of likely N-dealkylation sites (tertiary alicyclic amines) is 1. The molecule has 1 fully saturated rings. The number of nitrogens with zero attached hydrogens (tertiary/aromatic N) is 1. The fourth-order valence-corrected chi connectivity index (χ4v) is 1.84. The quantitative estimate of drug-likeness (QED) is 0.514. The molecule has 0 amide bonds. The van der Waals surface area contributed by atoms with Gasteiger partial charge < -0.3 is 4.90 Å². The Kier molecular flexibility index (Phi) is 3.00. The van der Waals surface area contributed by atoms with Crippen molar-refractivity contribution >= 4 is 7.85 Å². The largest absolute Gasteiger partial charge is 0.307 e. The lowest BCUT2D eigenvalue weighted by Crippen LogP contribution is -2.46.